The molecular formula is C15H29N3O. The van der Waals surface area contributed by atoms with Gasteiger partial charge in [-0.2, -0.15) is 0 Å². The molecule has 4 atom stereocenters. The van der Waals surface area contributed by atoms with Crippen LogP contribution in [-0.4, -0.2) is 55.0 Å². The van der Waals surface area contributed by atoms with Crippen LogP contribution in [0.15, 0.2) is 0 Å². The van der Waals surface area contributed by atoms with E-state index in [1.54, 1.807) is 0 Å². The third kappa shape index (κ3) is 3.29. The van der Waals surface area contributed by atoms with Crippen LogP contribution in [0.2, 0.25) is 0 Å². The molecule has 0 bridgehead atoms. The van der Waals surface area contributed by atoms with E-state index < -0.39 is 0 Å². The van der Waals surface area contributed by atoms with Crippen molar-refractivity contribution in [2.45, 2.75) is 51.1 Å². The molecule has 0 aromatic heterocycles. The summed E-state index contributed by atoms with van der Waals surface area (Å²) in [6.07, 6.45) is 5.51. The molecule has 2 N–H and O–H groups in total. The van der Waals surface area contributed by atoms with E-state index in [1.165, 1.54) is 6.42 Å². The summed E-state index contributed by atoms with van der Waals surface area (Å²) in [5.41, 5.74) is 6.13. The van der Waals surface area contributed by atoms with Gasteiger partial charge in [0.25, 0.3) is 0 Å². The number of piperidine rings is 1. The zero-order valence-electron chi connectivity index (χ0n) is 12.6. The number of carbonyl (C=O) groups is 1. The fraction of sp³-hybridized carbons (Fsp3) is 0.933. The number of rotatable bonds is 2. The molecule has 0 aromatic carbocycles. The minimum Gasteiger partial charge on any atom is -0.341 e. The van der Waals surface area contributed by atoms with Crippen molar-refractivity contribution in [2.75, 3.05) is 27.2 Å². The molecule has 2 aliphatic rings. The molecule has 1 aliphatic carbocycles. The molecule has 1 aliphatic heterocycles. The van der Waals surface area contributed by atoms with Crippen molar-refractivity contribution in [3.63, 3.8) is 0 Å². The van der Waals surface area contributed by atoms with Gasteiger partial charge < -0.3 is 15.5 Å². The second kappa shape index (κ2) is 6.23. The lowest BCUT2D eigenvalue weighted by atomic mass is 9.76. The summed E-state index contributed by atoms with van der Waals surface area (Å²) < 4.78 is 0. The number of nitrogens with zero attached hydrogens (tertiary/aromatic N) is 2. The molecular weight excluding hydrogens is 238 g/mol. The summed E-state index contributed by atoms with van der Waals surface area (Å²) in [5.74, 6) is 0.786. The summed E-state index contributed by atoms with van der Waals surface area (Å²) >= 11 is 0. The molecule has 2 rings (SSSR count). The van der Waals surface area contributed by atoms with Gasteiger partial charge in [-0.05, 0) is 45.2 Å². The first kappa shape index (κ1) is 14.8. The van der Waals surface area contributed by atoms with Crippen molar-refractivity contribution in [1.29, 1.82) is 0 Å². The van der Waals surface area contributed by atoms with Crippen LogP contribution < -0.4 is 5.73 Å². The smallest absolute Gasteiger partial charge is 0.226 e. The first-order valence-corrected chi connectivity index (χ1v) is 7.71. The largest absolute Gasteiger partial charge is 0.341 e. The molecule has 1 saturated heterocycles. The molecule has 19 heavy (non-hydrogen) atoms. The zero-order valence-corrected chi connectivity index (χ0v) is 12.6. The standard InChI is InChI=1S/C15H29N3O/c1-11-13(7-4-8-14(11)16)15(19)18(3)12-6-5-9-17(2)10-12/h11-14H,4-10,16H2,1-3H3. The van der Waals surface area contributed by atoms with E-state index in [0.717, 1.165) is 38.8 Å². The summed E-state index contributed by atoms with van der Waals surface area (Å²) in [7, 11) is 4.13. The zero-order chi connectivity index (χ0) is 14.0. The van der Waals surface area contributed by atoms with E-state index in [-0.39, 0.29) is 12.0 Å². The Morgan fingerprint density at radius 3 is 2.68 bits per heavy atom. The molecule has 4 unspecified atom stereocenters. The van der Waals surface area contributed by atoms with Crippen LogP contribution in [-0.2, 0) is 4.79 Å². The molecule has 4 nitrogen and oxygen atoms in total. The van der Waals surface area contributed by atoms with Crippen LogP contribution in [0, 0.1) is 11.8 Å². The monoisotopic (exact) mass is 267 g/mol. The van der Waals surface area contributed by atoms with Gasteiger partial charge in [-0.25, -0.2) is 0 Å². The number of carbonyl (C=O) groups excluding carboxylic acids is 1. The van der Waals surface area contributed by atoms with Gasteiger partial charge >= 0.3 is 0 Å². The molecule has 0 radical (unpaired) electrons. The van der Waals surface area contributed by atoms with Gasteiger partial charge in [-0.1, -0.05) is 13.3 Å². The van der Waals surface area contributed by atoms with Crippen molar-refractivity contribution >= 4 is 5.91 Å². The number of amides is 1. The molecule has 1 heterocycles. The van der Waals surface area contributed by atoms with E-state index in [0.29, 0.717) is 17.9 Å². The lowest BCUT2D eigenvalue weighted by Crippen LogP contribution is -2.51. The summed E-state index contributed by atoms with van der Waals surface area (Å²) in [5, 5.41) is 0. The van der Waals surface area contributed by atoms with E-state index >= 15 is 0 Å². The van der Waals surface area contributed by atoms with Crippen LogP contribution in [0.1, 0.15) is 39.0 Å². The number of hydrogen-bond acceptors (Lipinski definition) is 3. The highest BCUT2D eigenvalue weighted by Gasteiger charge is 2.36. The van der Waals surface area contributed by atoms with Gasteiger partial charge in [0.15, 0.2) is 0 Å². The SMILES string of the molecule is CC1C(N)CCCC1C(=O)N(C)C1CCCN(C)C1. The number of hydrogen-bond donors (Lipinski definition) is 1. The average molecular weight is 267 g/mol. The maximum atomic E-state index is 12.7. The summed E-state index contributed by atoms with van der Waals surface area (Å²) in [4.78, 5) is 17.0. The van der Waals surface area contributed by atoms with Crippen molar-refractivity contribution in [3.8, 4) is 0 Å². The van der Waals surface area contributed by atoms with Crippen LogP contribution >= 0.6 is 0 Å². The fourth-order valence-corrected chi connectivity index (χ4v) is 3.64. The maximum absolute atomic E-state index is 12.7. The van der Waals surface area contributed by atoms with Crippen LogP contribution in [0.4, 0.5) is 0 Å². The van der Waals surface area contributed by atoms with Crippen molar-refractivity contribution in [1.82, 2.24) is 9.80 Å². The Morgan fingerprint density at radius 1 is 1.26 bits per heavy atom. The van der Waals surface area contributed by atoms with Gasteiger partial charge in [0.2, 0.25) is 5.91 Å². The van der Waals surface area contributed by atoms with Gasteiger partial charge in [-0.15, -0.1) is 0 Å². The Labute approximate surface area is 117 Å². The Morgan fingerprint density at radius 2 is 2.00 bits per heavy atom. The molecule has 1 saturated carbocycles. The number of likely N-dealkylation sites (N-methyl/N-ethyl adjacent to an activating group) is 2. The van der Waals surface area contributed by atoms with Crippen LogP contribution in [0.3, 0.4) is 0 Å². The fourth-order valence-electron chi connectivity index (χ4n) is 3.64. The predicted octanol–water partition coefficient (Wildman–Crippen LogP) is 1.30. The third-order valence-electron chi connectivity index (χ3n) is 5.17. The highest BCUT2D eigenvalue weighted by molar-refractivity contribution is 5.79. The summed E-state index contributed by atoms with van der Waals surface area (Å²) in [6.45, 7) is 4.31. The Bertz CT molecular complexity index is 321. The quantitative estimate of drug-likeness (QED) is 0.820. The van der Waals surface area contributed by atoms with Crippen molar-refractivity contribution in [2.24, 2.45) is 17.6 Å². The first-order valence-electron chi connectivity index (χ1n) is 7.71. The number of nitrogens with two attached hydrogens (primary N) is 1. The lowest BCUT2D eigenvalue weighted by Gasteiger charge is -2.40. The van der Waals surface area contributed by atoms with Gasteiger partial charge in [0.1, 0.15) is 0 Å². The Kier molecular flexibility index (Phi) is 4.85. The van der Waals surface area contributed by atoms with Gasteiger partial charge in [0.05, 0.1) is 0 Å². The predicted molar refractivity (Wildman–Crippen MR) is 77.8 cm³/mol. The highest BCUT2D eigenvalue weighted by atomic mass is 16.2. The van der Waals surface area contributed by atoms with Crippen LogP contribution in [0.5, 0.6) is 0 Å². The molecule has 110 valence electrons. The minimum atomic E-state index is 0.140. The molecule has 0 aromatic rings. The van der Waals surface area contributed by atoms with Crippen LogP contribution in [0.25, 0.3) is 0 Å². The van der Waals surface area contributed by atoms with E-state index in [2.05, 4.69) is 18.9 Å². The topological polar surface area (TPSA) is 49.6 Å². The van der Waals surface area contributed by atoms with Gasteiger partial charge in [-0.3, -0.25) is 4.79 Å². The first-order chi connectivity index (χ1) is 9.00. The second-order valence-corrected chi connectivity index (χ2v) is 6.57. The number of likely N-dealkylation sites (tertiary alicyclic amines) is 1. The molecule has 1 amide bonds. The Hall–Kier alpha value is -0.610. The van der Waals surface area contributed by atoms with Gasteiger partial charge in [0, 0.05) is 31.6 Å². The molecule has 4 heteroatoms. The molecule has 0 spiro atoms. The van der Waals surface area contributed by atoms with E-state index in [9.17, 15) is 4.79 Å². The van der Waals surface area contributed by atoms with Crippen molar-refractivity contribution < 1.29 is 4.79 Å². The molecule has 2 fully saturated rings. The second-order valence-electron chi connectivity index (χ2n) is 6.57. The average Bonchev–Trinajstić information content (AvgIpc) is 2.40. The normalized spacial score (nSPS) is 37.1. The third-order valence-corrected chi connectivity index (χ3v) is 5.17. The Balaban J connectivity index is 1.97. The van der Waals surface area contributed by atoms with E-state index in [4.69, 9.17) is 5.73 Å². The summed E-state index contributed by atoms with van der Waals surface area (Å²) in [6, 6.07) is 0.585. The van der Waals surface area contributed by atoms with Crippen molar-refractivity contribution in [3.05, 3.63) is 0 Å². The van der Waals surface area contributed by atoms with E-state index in [1.807, 2.05) is 11.9 Å². The highest BCUT2D eigenvalue weighted by Crippen LogP contribution is 2.31. The lowest BCUT2D eigenvalue weighted by molar-refractivity contribution is -0.140. The maximum Gasteiger partial charge on any atom is 0.226 e. The minimum absolute atomic E-state index is 0.140.